The van der Waals surface area contributed by atoms with Crippen LogP contribution in [-0.2, 0) is 11.2 Å². The number of morpholine rings is 1. The quantitative estimate of drug-likeness (QED) is 0.476. The third kappa shape index (κ3) is 6.80. The molecule has 0 aliphatic carbocycles. The number of rotatable bonds is 8. The molecule has 7 nitrogen and oxygen atoms in total. The Morgan fingerprint density at radius 3 is 2.80 bits per heavy atom. The fraction of sp³-hybridized carbons (Fsp3) is 0.611. The van der Waals surface area contributed by atoms with Crippen LogP contribution in [0.25, 0.3) is 0 Å². The number of aromatic hydroxyl groups is 1. The molecule has 0 atom stereocenters. The zero-order valence-corrected chi connectivity index (χ0v) is 15.3. The zero-order valence-electron chi connectivity index (χ0n) is 15.3. The Labute approximate surface area is 150 Å². The monoisotopic (exact) mass is 350 g/mol. The number of phenols is 1. The molecule has 0 amide bonds. The molecule has 0 aromatic heterocycles. The lowest BCUT2D eigenvalue weighted by molar-refractivity contribution is 0.0394. The van der Waals surface area contributed by atoms with Crippen LogP contribution in [-0.4, -0.2) is 75.6 Å². The molecule has 140 valence electrons. The summed E-state index contributed by atoms with van der Waals surface area (Å²) in [6.07, 6.45) is 0.712. The SMILES string of the molecule is CCNC(=NCCN1CCOCC1)NCCc1ccc(OC)cc1O. The van der Waals surface area contributed by atoms with Crippen molar-refractivity contribution in [3.8, 4) is 11.5 Å². The van der Waals surface area contributed by atoms with Crippen molar-refractivity contribution in [2.75, 3.05) is 59.6 Å². The summed E-state index contributed by atoms with van der Waals surface area (Å²) in [4.78, 5) is 6.99. The predicted octanol–water partition coefficient (Wildman–Crippen LogP) is 0.831. The Kier molecular flexibility index (Phi) is 8.34. The Balaban J connectivity index is 1.77. The number of methoxy groups -OCH3 is 1. The highest BCUT2D eigenvalue weighted by Gasteiger charge is 2.09. The Morgan fingerprint density at radius 2 is 2.12 bits per heavy atom. The number of hydrogen-bond donors (Lipinski definition) is 3. The van der Waals surface area contributed by atoms with Gasteiger partial charge in [0.25, 0.3) is 0 Å². The Bertz CT molecular complexity index is 545. The molecule has 0 unspecified atom stereocenters. The van der Waals surface area contributed by atoms with Crippen molar-refractivity contribution in [2.45, 2.75) is 13.3 Å². The molecule has 1 heterocycles. The van der Waals surface area contributed by atoms with Gasteiger partial charge in [-0.2, -0.15) is 0 Å². The fourth-order valence-corrected chi connectivity index (χ4v) is 2.67. The van der Waals surface area contributed by atoms with E-state index in [9.17, 15) is 5.11 Å². The average Bonchev–Trinajstić information content (AvgIpc) is 2.64. The highest BCUT2D eigenvalue weighted by atomic mass is 16.5. The number of ether oxygens (including phenoxy) is 2. The van der Waals surface area contributed by atoms with Gasteiger partial charge in [0.2, 0.25) is 0 Å². The Morgan fingerprint density at radius 1 is 1.32 bits per heavy atom. The summed E-state index contributed by atoms with van der Waals surface area (Å²) in [5.74, 6) is 1.73. The van der Waals surface area contributed by atoms with E-state index in [1.165, 1.54) is 0 Å². The average molecular weight is 350 g/mol. The molecule has 7 heteroatoms. The van der Waals surface area contributed by atoms with Gasteiger partial charge in [0, 0.05) is 38.8 Å². The molecule has 2 rings (SSSR count). The van der Waals surface area contributed by atoms with Crippen molar-refractivity contribution >= 4 is 5.96 Å². The number of nitrogens with one attached hydrogen (secondary N) is 2. The van der Waals surface area contributed by atoms with Crippen molar-refractivity contribution in [3.63, 3.8) is 0 Å². The van der Waals surface area contributed by atoms with E-state index in [-0.39, 0.29) is 5.75 Å². The Hall–Kier alpha value is -1.99. The van der Waals surface area contributed by atoms with Gasteiger partial charge in [-0.05, 0) is 25.0 Å². The summed E-state index contributed by atoms with van der Waals surface area (Å²) in [5, 5.41) is 16.6. The largest absolute Gasteiger partial charge is 0.508 e. The number of hydrogen-bond acceptors (Lipinski definition) is 5. The van der Waals surface area contributed by atoms with E-state index >= 15 is 0 Å². The van der Waals surface area contributed by atoms with Crippen molar-refractivity contribution < 1.29 is 14.6 Å². The molecule has 25 heavy (non-hydrogen) atoms. The maximum Gasteiger partial charge on any atom is 0.191 e. The van der Waals surface area contributed by atoms with Gasteiger partial charge in [-0.15, -0.1) is 0 Å². The minimum atomic E-state index is 0.260. The highest BCUT2D eigenvalue weighted by Crippen LogP contribution is 2.23. The molecular weight excluding hydrogens is 320 g/mol. The van der Waals surface area contributed by atoms with Gasteiger partial charge in [-0.25, -0.2) is 0 Å². The second-order valence-electron chi connectivity index (χ2n) is 5.89. The highest BCUT2D eigenvalue weighted by molar-refractivity contribution is 5.79. The summed E-state index contributed by atoms with van der Waals surface area (Å²) in [5.41, 5.74) is 0.887. The first-order valence-corrected chi connectivity index (χ1v) is 8.91. The zero-order chi connectivity index (χ0) is 17.9. The van der Waals surface area contributed by atoms with Gasteiger partial charge in [-0.3, -0.25) is 9.89 Å². The molecule has 0 saturated carbocycles. The van der Waals surface area contributed by atoms with Gasteiger partial charge >= 0.3 is 0 Å². The summed E-state index contributed by atoms with van der Waals surface area (Å²) in [6.45, 7) is 8.85. The lowest BCUT2D eigenvalue weighted by atomic mass is 10.1. The maximum atomic E-state index is 10.0. The van der Waals surface area contributed by atoms with E-state index in [1.807, 2.05) is 12.1 Å². The van der Waals surface area contributed by atoms with Crippen LogP contribution in [0.4, 0.5) is 0 Å². The number of benzene rings is 1. The van der Waals surface area contributed by atoms with E-state index in [1.54, 1.807) is 13.2 Å². The van der Waals surface area contributed by atoms with Crippen LogP contribution in [0, 0.1) is 0 Å². The maximum absolute atomic E-state index is 10.0. The van der Waals surface area contributed by atoms with Crippen molar-refractivity contribution in [1.29, 1.82) is 0 Å². The van der Waals surface area contributed by atoms with Crippen LogP contribution in [0.15, 0.2) is 23.2 Å². The first-order chi connectivity index (χ1) is 12.2. The van der Waals surface area contributed by atoms with Crippen LogP contribution in [0.1, 0.15) is 12.5 Å². The number of guanidine groups is 1. The van der Waals surface area contributed by atoms with Gasteiger partial charge in [-0.1, -0.05) is 6.07 Å². The lowest BCUT2D eigenvalue weighted by Gasteiger charge is -2.25. The van der Waals surface area contributed by atoms with Crippen LogP contribution >= 0.6 is 0 Å². The molecule has 1 aromatic carbocycles. The van der Waals surface area contributed by atoms with Gasteiger partial charge in [0.1, 0.15) is 11.5 Å². The van der Waals surface area contributed by atoms with Gasteiger partial charge < -0.3 is 25.2 Å². The fourth-order valence-electron chi connectivity index (χ4n) is 2.67. The van der Waals surface area contributed by atoms with Crippen LogP contribution in [0.5, 0.6) is 11.5 Å². The minimum Gasteiger partial charge on any atom is -0.508 e. The van der Waals surface area contributed by atoms with Gasteiger partial charge in [0.15, 0.2) is 5.96 Å². The molecule has 1 saturated heterocycles. The minimum absolute atomic E-state index is 0.260. The standard InChI is InChI=1S/C18H30N4O3/c1-3-19-18(21-8-9-22-10-12-25-13-11-22)20-7-6-15-4-5-16(24-2)14-17(15)23/h4-5,14,23H,3,6-13H2,1-2H3,(H2,19,20,21). The molecule has 1 aromatic rings. The number of aliphatic imine (C=N–C) groups is 1. The van der Waals surface area contributed by atoms with Crippen molar-refractivity contribution in [3.05, 3.63) is 23.8 Å². The molecule has 3 N–H and O–H groups in total. The second kappa shape index (κ2) is 10.8. The molecule has 1 fully saturated rings. The second-order valence-corrected chi connectivity index (χ2v) is 5.89. The summed E-state index contributed by atoms with van der Waals surface area (Å²) < 4.78 is 10.5. The van der Waals surface area contributed by atoms with Crippen molar-refractivity contribution in [2.24, 2.45) is 4.99 Å². The molecular formula is C18H30N4O3. The summed E-state index contributed by atoms with van der Waals surface area (Å²) in [7, 11) is 1.59. The van der Waals surface area contributed by atoms with Gasteiger partial charge in [0.05, 0.1) is 26.9 Å². The molecule has 0 radical (unpaired) electrons. The molecule has 0 spiro atoms. The lowest BCUT2D eigenvalue weighted by Crippen LogP contribution is -2.40. The van der Waals surface area contributed by atoms with E-state index in [0.29, 0.717) is 18.7 Å². The van der Waals surface area contributed by atoms with Crippen LogP contribution in [0.2, 0.25) is 0 Å². The first kappa shape index (κ1) is 19.3. The first-order valence-electron chi connectivity index (χ1n) is 8.91. The normalized spacial score (nSPS) is 15.8. The summed E-state index contributed by atoms with van der Waals surface area (Å²) in [6, 6.07) is 5.38. The smallest absolute Gasteiger partial charge is 0.191 e. The van der Waals surface area contributed by atoms with E-state index in [0.717, 1.165) is 57.5 Å². The third-order valence-electron chi connectivity index (χ3n) is 4.11. The number of nitrogens with zero attached hydrogens (tertiary/aromatic N) is 2. The van der Waals surface area contributed by atoms with Crippen LogP contribution < -0.4 is 15.4 Å². The molecule has 1 aliphatic rings. The predicted molar refractivity (Wildman–Crippen MR) is 99.6 cm³/mol. The topological polar surface area (TPSA) is 78.4 Å². The third-order valence-corrected chi connectivity index (χ3v) is 4.11. The molecule has 1 aliphatic heterocycles. The van der Waals surface area contributed by atoms with E-state index in [2.05, 4.69) is 27.4 Å². The van der Waals surface area contributed by atoms with Crippen LogP contribution in [0.3, 0.4) is 0 Å². The van der Waals surface area contributed by atoms with E-state index < -0.39 is 0 Å². The molecule has 0 bridgehead atoms. The number of phenolic OH excluding ortho intramolecular Hbond substituents is 1. The van der Waals surface area contributed by atoms with Crippen molar-refractivity contribution in [1.82, 2.24) is 15.5 Å². The van der Waals surface area contributed by atoms with E-state index in [4.69, 9.17) is 9.47 Å². The summed E-state index contributed by atoms with van der Waals surface area (Å²) >= 11 is 0.